The first-order chi connectivity index (χ1) is 12.3. The van der Waals surface area contributed by atoms with Gasteiger partial charge in [0.1, 0.15) is 3.92 Å². The maximum Gasteiger partial charge on any atom is 0.304 e. The minimum atomic E-state index is -2.06. The van der Waals surface area contributed by atoms with Crippen molar-refractivity contribution in [2.24, 2.45) is 0 Å². The van der Waals surface area contributed by atoms with Crippen LogP contribution in [0, 0.1) is 0 Å². The van der Waals surface area contributed by atoms with Crippen LogP contribution in [0.2, 0.25) is 36.3 Å². The van der Waals surface area contributed by atoms with E-state index in [2.05, 4.69) is 90.3 Å². The van der Waals surface area contributed by atoms with Crippen LogP contribution in [0.4, 0.5) is 0 Å². The van der Waals surface area contributed by atoms with Crippen molar-refractivity contribution in [1.29, 1.82) is 0 Å². The van der Waals surface area contributed by atoms with Crippen molar-refractivity contribution < 1.29 is 23.1 Å². The van der Waals surface area contributed by atoms with Crippen LogP contribution in [0.1, 0.15) is 55.4 Å². The minimum absolute atomic E-state index is 0.0728. The molecule has 1 aliphatic rings. The molecule has 1 rings (SSSR count). The van der Waals surface area contributed by atoms with Gasteiger partial charge in [0.2, 0.25) is 6.29 Å². The van der Waals surface area contributed by atoms with Crippen LogP contribution in [-0.4, -0.2) is 51.1 Å². The van der Waals surface area contributed by atoms with Gasteiger partial charge in [0.05, 0.1) is 18.3 Å². The largest absolute Gasteiger partial charge is 0.435 e. The number of esters is 1. The summed E-state index contributed by atoms with van der Waals surface area (Å²) in [7, 11) is -4.10. The van der Waals surface area contributed by atoms with Gasteiger partial charge in [-0.15, -0.1) is 0 Å². The van der Waals surface area contributed by atoms with E-state index >= 15 is 0 Å². The maximum atomic E-state index is 11.6. The minimum Gasteiger partial charge on any atom is -0.435 e. The number of rotatable bonds is 5. The fourth-order valence-electron chi connectivity index (χ4n) is 2.55. The van der Waals surface area contributed by atoms with E-state index in [1.165, 1.54) is 6.92 Å². The van der Waals surface area contributed by atoms with E-state index in [-0.39, 0.29) is 38.3 Å². The highest BCUT2D eigenvalue weighted by molar-refractivity contribution is 14.1. The molecule has 0 amide bonds. The zero-order chi connectivity index (χ0) is 22.3. The lowest BCUT2D eigenvalue weighted by Gasteiger charge is -2.51. The molecular formula is C20H41IO5Si2. The third-order valence-corrected chi connectivity index (χ3v) is 16.7. The van der Waals surface area contributed by atoms with E-state index in [1.54, 1.807) is 0 Å². The molecule has 1 saturated heterocycles. The Kier molecular flexibility index (Phi) is 8.48. The summed E-state index contributed by atoms with van der Waals surface area (Å²) in [5.74, 6) is -0.339. The van der Waals surface area contributed by atoms with Gasteiger partial charge in [-0.25, -0.2) is 0 Å². The van der Waals surface area contributed by atoms with Gasteiger partial charge in [-0.2, -0.15) is 0 Å². The Morgan fingerprint density at radius 2 is 1.29 bits per heavy atom. The van der Waals surface area contributed by atoms with Gasteiger partial charge >= 0.3 is 5.97 Å². The van der Waals surface area contributed by atoms with Crippen LogP contribution in [-0.2, 0) is 23.1 Å². The van der Waals surface area contributed by atoms with Crippen molar-refractivity contribution >= 4 is 45.2 Å². The molecule has 0 bridgehead atoms. The molecule has 166 valence electrons. The van der Waals surface area contributed by atoms with E-state index in [0.717, 1.165) is 0 Å². The molecule has 0 aromatic rings. The molecule has 0 radical (unpaired) electrons. The fraction of sp³-hybridized carbons (Fsp3) is 0.950. The van der Waals surface area contributed by atoms with Gasteiger partial charge in [-0.1, -0.05) is 64.1 Å². The average Bonchev–Trinajstić information content (AvgIpc) is 2.45. The number of carbonyl (C=O) groups excluding carboxylic acids is 1. The Labute approximate surface area is 188 Å². The van der Waals surface area contributed by atoms with Crippen molar-refractivity contribution in [2.45, 2.75) is 120 Å². The number of alkyl halides is 1. The van der Waals surface area contributed by atoms with E-state index in [0.29, 0.717) is 0 Å². The Bertz CT molecular complexity index is 554. The number of hydrogen-bond acceptors (Lipinski definition) is 5. The summed E-state index contributed by atoms with van der Waals surface area (Å²) in [5.41, 5.74) is 0. The van der Waals surface area contributed by atoms with Crippen LogP contribution in [0.5, 0.6) is 0 Å². The molecule has 0 aliphatic carbocycles. The number of ether oxygens (including phenoxy) is 2. The average molecular weight is 545 g/mol. The first-order valence-corrected chi connectivity index (χ1v) is 17.2. The molecule has 0 aromatic heterocycles. The maximum absolute atomic E-state index is 11.6. The van der Waals surface area contributed by atoms with Crippen molar-refractivity contribution in [1.82, 2.24) is 0 Å². The van der Waals surface area contributed by atoms with Crippen molar-refractivity contribution in [3.05, 3.63) is 0 Å². The van der Waals surface area contributed by atoms with Gasteiger partial charge in [0.15, 0.2) is 16.6 Å². The normalized spacial score (nSPS) is 30.2. The van der Waals surface area contributed by atoms with Gasteiger partial charge in [-0.3, -0.25) is 4.79 Å². The summed E-state index contributed by atoms with van der Waals surface area (Å²) >= 11 is 2.31. The Morgan fingerprint density at radius 3 is 1.64 bits per heavy atom. The standard InChI is InChI=1S/C20H41IO5Si2/c1-13-16(25-27(9,10)19(3,4)5)17(26-28(11,12)20(6,7)8)15(21)18(23-13)24-14(2)22/h13,15-18H,1-12H3/t13-,15+,16+,17-,18-/m0/s1. The first kappa shape index (κ1) is 26.5. The molecule has 5 atom stereocenters. The van der Waals surface area contributed by atoms with Crippen LogP contribution in [0.25, 0.3) is 0 Å². The van der Waals surface area contributed by atoms with Crippen LogP contribution < -0.4 is 0 Å². The molecule has 28 heavy (non-hydrogen) atoms. The van der Waals surface area contributed by atoms with Gasteiger partial charge in [0, 0.05) is 6.92 Å². The molecule has 1 fully saturated rings. The molecule has 1 heterocycles. The molecule has 1 aliphatic heterocycles. The summed E-state index contributed by atoms with van der Waals surface area (Å²) in [5, 5.41) is 0.158. The fourth-order valence-corrected chi connectivity index (χ4v) is 6.38. The molecule has 0 unspecified atom stereocenters. The van der Waals surface area contributed by atoms with Gasteiger partial charge in [-0.05, 0) is 43.2 Å². The number of carbonyl (C=O) groups is 1. The highest BCUT2D eigenvalue weighted by atomic mass is 127. The van der Waals surface area contributed by atoms with Crippen molar-refractivity contribution in [3.63, 3.8) is 0 Å². The van der Waals surface area contributed by atoms with E-state index < -0.39 is 22.9 Å². The quantitative estimate of drug-likeness (QED) is 0.187. The van der Waals surface area contributed by atoms with Gasteiger partial charge < -0.3 is 18.3 Å². The molecule has 0 aromatic carbocycles. The predicted octanol–water partition coefficient (Wildman–Crippen LogP) is 5.88. The second kappa shape index (κ2) is 8.94. The second-order valence-corrected chi connectivity index (χ2v) is 21.9. The molecule has 5 nitrogen and oxygen atoms in total. The van der Waals surface area contributed by atoms with Crippen molar-refractivity contribution in [3.8, 4) is 0 Å². The Hall–Kier alpha value is 0.514. The predicted molar refractivity (Wildman–Crippen MR) is 128 cm³/mol. The molecular weight excluding hydrogens is 503 g/mol. The van der Waals surface area contributed by atoms with Crippen LogP contribution in [0.15, 0.2) is 0 Å². The number of halogens is 1. The zero-order valence-corrected chi connectivity index (χ0v) is 24.0. The summed E-state index contributed by atoms with van der Waals surface area (Å²) < 4.78 is 25.1. The third-order valence-electron chi connectivity index (χ3n) is 6.46. The van der Waals surface area contributed by atoms with E-state index in [4.69, 9.17) is 18.3 Å². The lowest BCUT2D eigenvalue weighted by molar-refractivity contribution is -0.229. The molecule has 0 saturated carbocycles. The highest BCUT2D eigenvalue weighted by Crippen LogP contribution is 2.44. The lowest BCUT2D eigenvalue weighted by Crippen LogP contribution is -2.63. The Morgan fingerprint density at radius 1 is 0.893 bits per heavy atom. The first-order valence-electron chi connectivity index (χ1n) is 10.1. The SMILES string of the molecule is CC(=O)O[C@@H]1O[C@@H](C)[C@@H](O[Si](C)(C)C(C)(C)C)[C@@H](O[Si](C)(C)C(C)(C)C)[C@H]1I. The number of hydrogen-bond donors (Lipinski definition) is 0. The Balaban J connectivity index is 3.28. The van der Waals surface area contributed by atoms with Gasteiger partial charge in [0.25, 0.3) is 0 Å². The monoisotopic (exact) mass is 544 g/mol. The summed E-state index contributed by atoms with van der Waals surface area (Å²) in [6, 6.07) is 0. The van der Waals surface area contributed by atoms with Crippen molar-refractivity contribution in [2.75, 3.05) is 0 Å². The topological polar surface area (TPSA) is 54.0 Å². The second-order valence-electron chi connectivity index (χ2n) is 10.9. The highest BCUT2D eigenvalue weighted by Gasteiger charge is 2.52. The van der Waals surface area contributed by atoms with E-state index in [9.17, 15) is 4.79 Å². The van der Waals surface area contributed by atoms with E-state index in [1.807, 2.05) is 6.92 Å². The summed E-state index contributed by atoms with van der Waals surface area (Å²) in [6.07, 6.45) is -1.23. The third kappa shape index (κ3) is 6.26. The molecule has 8 heteroatoms. The molecule has 0 N–H and O–H groups in total. The van der Waals surface area contributed by atoms with Crippen LogP contribution >= 0.6 is 22.6 Å². The molecule has 0 spiro atoms. The summed E-state index contributed by atoms with van der Waals surface area (Å²) in [4.78, 5) is 11.6. The smallest absolute Gasteiger partial charge is 0.304 e. The van der Waals surface area contributed by atoms with Crippen LogP contribution in [0.3, 0.4) is 0 Å². The zero-order valence-electron chi connectivity index (χ0n) is 19.8. The summed E-state index contributed by atoms with van der Waals surface area (Å²) in [6.45, 7) is 25.8. The lowest BCUT2D eigenvalue weighted by atomic mass is 10.0.